The Hall–Kier alpha value is -1.32. The molecule has 0 N–H and O–H groups in total. The van der Waals surface area contributed by atoms with E-state index in [9.17, 15) is 9.59 Å². The van der Waals surface area contributed by atoms with Gasteiger partial charge in [-0.1, -0.05) is 6.92 Å². The molecule has 1 aliphatic rings. The van der Waals surface area contributed by atoms with Crippen molar-refractivity contribution in [2.75, 3.05) is 14.2 Å². The summed E-state index contributed by atoms with van der Waals surface area (Å²) in [6, 6.07) is 0. The van der Waals surface area contributed by atoms with Crippen molar-refractivity contribution >= 4 is 11.8 Å². The Labute approximate surface area is 82.9 Å². The minimum absolute atomic E-state index is 0.0141. The third-order valence-corrected chi connectivity index (χ3v) is 2.27. The highest BCUT2D eigenvalue weighted by molar-refractivity contribution is 6.04. The molecule has 14 heavy (non-hydrogen) atoms. The summed E-state index contributed by atoms with van der Waals surface area (Å²) in [5, 5.41) is 0. The molecule has 0 spiro atoms. The van der Waals surface area contributed by atoms with E-state index < -0.39 is 5.97 Å². The molecule has 0 aromatic rings. The summed E-state index contributed by atoms with van der Waals surface area (Å²) < 4.78 is 9.42. The lowest BCUT2D eigenvalue weighted by atomic mass is 10.1. The predicted molar refractivity (Wildman–Crippen MR) is 49.5 cm³/mol. The first-order valence-electron chi connectivity index (χ1n) is 4.48. The van der Waals surface area contributed by atoms with Crippen LogP contribution in [-0.4, -0.2) is 26.0 Å². The van der Waals surface area contributed by atoms with Crippen molar-refractivity contribution in [1.29, 1.82) is 0 Å². The van der Waals surface area contributed by atoms with E-state index in [-0.39, 0.29) is 17.5 Å². The summed E-state index contributed by atoms with van der Waals surface area (Å²) in [6.45, 7) is 1.97. The fourth-order valence-corrected chi connectivity index (χ4v) is 1.62. The molecular formula is C10H14O4. The van der Waals surface area contributed by atoms with Crippen molar-refractivity contribution in [3.05, 3.63) is 11.3 Å². The summed E-state index contributed by atoms with van der Waals surface area (Å²) in [4.78, 5) is 22.7. The van der Waals surface area contributed by atoms with Crippen LogP contribution in [0, 0.1) is 5.92 Å². The van der Waals surface area contributed by atoms with Crippen LogP contribution in [-0.2, 0) is 19.1 Å². The highest BCUT2D eigenvalue weighted by Crippen LogP contribution is 2.29. The van der Waals surface area contributed by atoms with Crippen molar-refractivity contribution < 1.29 is 19.1 Å². The fraction of sp³-hybridized carbons (Fsp3) is 0.600. The van der Waals surface area contributed by atoms with Crippen LogP contribution in [0.3, 0.4) is 0 Å². The summed E-state index contributed by atoms with van der Waals surface area (Å²) in [5.41, 5.74) is 0.465. The van der Waals surface area contributed by atoms with Gasteiger partial charge in [-0.3, -0.25) is 4.79 Å². The van der Waals surface area contributed by atoms with Gasteiger partial charge < -0.3 is 9.47 Å². The number of hydrogen-bond donors (Lipinski definition) is 0. The minimum Gasteiger partial charge on any atom is -0.490 e. The lowest BCUT2D eigenvalue weighted by Gasteiger charge is -2.06. The second-order valence-corrected chi connectivity index (χ2v) is 3.44. The first-order valence-corrected chi connectivity index (χ1v) is 4.48. The summed E-state index contributed by atoms with van der Waals surface area (Å²) in [5.74, 6) is -0.251. The number of hydrogen-bond acceptors (Lipinski definition) is 4. The minimum atomic E-state index is -0.579. The van der Waals surface area contributed by atoms with Crippen molar-refractivity contribution in [3.8, 4) is 0 Å². The third-order valence-electron chi connectivity index (χ3n) is 2.27. The van der Waals surface area contributed by atoms with Gasteiger partial charge in [0, 0.05) is 12.0 Å². The SMILES string of the molecule is COC(=O)/C(OC)=C1\CC(C)CC1=O. The zero-order valence-corrected chi connectivity index (χ0v) is 8.62. The van der Waals surface area contributed by atoms with Gasteiger partial charge in [0.2, 0.25) is 5.76 Å². The smallest absolute Gasteiger partial charge is 0.373 e. The number of carbonyl (C=O) groups is 2. The summed E-state index contributed by atoms with van der Waals surface area (Å²) in [6.07, 6.45) is 1.08. The second kappa shape index (κ2) is 4.26. The van der Waals surface area contributed by atoms with E-state index in [0.717, 1.165) is 0 Å². The van der Waals surface area contributed by atoms with E-state index in [1.165, 1.54) is 14.2 Å². The van der Waals surface area contributed by atoms with Crippen LogP contribution in [0.15, 0.2) is 11.3 Å². The van der Waals surface area contributed by atoms with E-state index >= 15 is 0 Å². The van der Waals surface area contributed by atoms with Gasteiger partial charge >= 0.3 is 5.97 Å². The van der Waals surface area contributed by atoms with Gasteiger partial charge in [-0.25, -0.2) is 4.79 Å². The third kappa shape index (κ3) is 1.95. The molecule has 4 nitrogen and oxygen atoms in total. The van der Waals surface area contributed by atoms with Crippen LogP contribution in [0.5, 0.6) is 0 Å². The molecule has 0 radical (unpaired) electrons. The molecular weight excluding hydrogens is 184 g/mol. The average Bonchev–Trinajstić information content (AvgIpc) is 2.47. The van der Waals surface area contributed by atoms with Gasteiger partial charge in [-0.05, 0) is 12.3 Å². The largest absolute Gasteiger partial charge is 0.490 e. The van der Waals surface area contributed by atoms with Crippen molar-refractivity contribution in [3.63, 3.8) is 0 Å². The Bertz CT molecular complexity index is 280. The molecule has 1 rings (SSSR count). The van der Waals surface area contributed by atoms with Crippen molar-refractivity contribution in [1.82, 2.24) is 0 Å². The Morgan fingerprint density at radius 2 is 1.93 bits per heavy atom. The van der Waals surface area contributed by atoms with Gasteiger partial charge in [0.15, 0.2) is 5.78 Å². The van der Waals surface area contributed by atoms with E-state index in [4.69, 9.17) is 4.74 Å². The molecule has 0 aliphatic heterocycles. The topological polar surface area (TPSA) is 52.6 Å². The molecule has 0 aromatic heterocycles. The Morgan fingerprint density at radius 1 is 1.29 bits per heavy atom. The fourth-order valence-electron chi connectivity index (χ4n) is 1.62. The summed E-state index contributed by atoms with van der Waals surface area (Å²) in [7, 11) is 2.64. The normalized spacial score (nSPS) is 24.8. The standard InChI is InChI=1S/C10H14O4/c1-6-4-7(8(11)5-6)9(13-2)10(12)14-3/h6H,4-5H2,1-3H3/b9-7-. The molecule has 0 bridgehead atoms. The van der Waals surface area contributed by atoms with Gasteiger partial charge in [-0.15, -0.1) is 0 Å². The number of methoxy groups -OCH3 is 2. The number of ether oxygens (including phenoxy) is 2. The Kier molecular flexibility index (Phi) is 3.28. The number of esters is 1. The van der Waals surface area contributed by atoms with E-state index in [0.29, 0.717) is 18.4 Å². The predicted octanol–water partition coefficient (Wildman–Crippen LogP) is 1.06. The van der Waals surface area contributed by atoms with Gasteiger partial charge in [0.05, 0.1) is 14.2 Å². The zero-order valence-electron chi connectivity index (χ0n) is 8.62. The first-order chi connectivity index (χ1) is 6.60. The molecule has 0 amide bonds. The lowest BCUT2D eigenvalue weighted by Crippen LogP contribution is -2.11. The molecule has 1 unspecified atom stereocenters. The number of rotatable bonds is 2. The van der Waals surface area contributed by atoms with Crippen LogP contribution in [0.1, 0.15) is 19.8 Å². The number of ketones is 1. The maximum absolute atomic E-state index is 11.5. The number of Topliss-reactive ketones (excluding diaryl/α,β-unsaturated/α-hetero) is 1. The first kappa shape index (κ1) is 10.8. The molecule has 0 heterocycles. The lowest BCUT2D eigenvalue weighted by molar-refractivity contribution is -0.140. The van der Waals surface area contributed by atoms with Gasteiger partial charge in [0.25, 0.3) is 0 Å². The highest BCUT2D eigenvalue weighted by atomic mass is 16.6. The molecule has 78 valence electrons. The number of carbonyl (C=O) groups excluding carboxylic acids is 2. The molecule has 1 saturated carbocycles. The molecule has 1 atom stereocenters. The molecule has 4 heteroatoms. The van der Waals surface area contributed by atoms with Crippen LogP contribution in [0.4, 0.5) is 0 Å². The van der Waals surface area contributed by atoms with Crippen molar-refractivity contribution in [2.24, 2.45) is 5.92 Å². The molecule has 1 fully saturated rings. The highest BCUT2D eigenvalue weighted by Gasteiger charge is 2.30. The molecule has 0 saturated heterocycles. The maximum atomic E-state index is 11.5. The quantitative estimate of drug-likeness (QED) is 0.378. The monoisotopic (exact) mass is 198 g/mol. The maximum Gasteiger partial charge on any atom is 0.373 e. The van der Waals surface area contributed by atoms with E-state index in [1.54, 1.807) is 0 Å². The van der Waals surface area contributed by atoms with Gasteiger partial charge in [0.1, 0.15) is 0 Å². The summed E-state index contributed by atoms with van der Waals surface area (Å²) >= 11 is 0. The average molecular weight is 198 g/mol. The second-order valence-electron chi connectivity index (χ2n) is 3.44. The Morgan fingerprint density at radius 3 is 2.29 bits per heavy atom. The van der Waals surface area contributed by atoms with Gasteiger partial charge in [-0.2, -0.15) is 0 Å². The Balaban J connectivity index is 3.00. The zero-order chi connectivity index (χ0) is 10.7. The van der Waals surface area contributed by atoms with Crippen LogP contribution < -0.4 is 0 Å². The molecule has 0 aromatic carbocycles. The van der Waals surface area contributed by atoms with E-state index in [2.05, 4.69) is 4.74 Å². The van der Waals surface area contributed by atoms with Crippen LogP contribution in [0.2, 0.25) is 0 Å². The van der Waals surface area contributed by atoms with E-state index in [1.807, 2.05) is 6.92 Å². The van der Waals surface area contributed by atoms with Crippen LogP contribution >= 0.6 is 0 Å². The number of allylic oxidation sites excluding steroid dienone is 1. The molecule has 1 aliphatic carbocycles. The van der Waals surface area contributed by atoms with Crippen molar-refractivity contribution in [2.45, 2.75) is 19.8 Å². The van der Waals surface area contributed by atoms with Crippen LogP contribution in [0.25, 0.3) is 0 Å².